The molecule has 0 aromatic heterocycles. The van der Waals surface area contributed by atoms with Crippen LogP contribution in [0.4, 0.5) is 0 Å². The van der Waals surface area contributed by atoms with Crippen LogP contribution in [0.15, 0.2) is 48.5 Å². The van der Waals surface area contributed by atoms with Crippen molar-refractivity contribution in [1.29, 1.82) is 0 Å². The molecule has 0 fully saturated rings. The van der Waals surface area contributed by atoms with Crippen LogP contribution in [0.25, 0.3) is 0 Å². The summed E-state index contributed by atoms with van der Waals surface area (Å²) in [6.45, 7) is 11.2. The lowest BCUT2D eigenvalue weighted by Crippen LogP contribution is -2.57. The Morgan fingerprint density at radius 1 is 0.773 bits per heavy atom. The molecule has 0 bridgehead atoms. The topological polar surface area (TPSA) is 140 Å². The van der Waals surface area contributed by atoms with Crippen molar-refractivity contribution in [3.8, 4) is 11.5 Å². The molecule has 0 saturated carbocycles. The monoisotopic (exact) mass is 614 g/mol. The molecule has 0 aliphatic heterocycles. The highest BCUT2D eigenvalue weighted by atomic mass is 16.5. The summed E-state index contributed by atoms with van der Waals surface area (Å²) < 4.78 is 15.2. The highest BCUT2D eigenvalue weighted by molar-refractivity contribution is 5.87. The third kappa shape index (κ3) is 12.3. The van der Waals surface area contributed by atoms with Gasteiger partial charge in [0.15, 0.2) is 0 Å². The van der Waals surface area contributed by atoms with E-state index in [1.54, 1.807) is 41.9 Å². The first-order chi connectivity index (χ1) is 20.8. The van der Waals surface area contributed by atoms with Gasteiger partial charge in [0, 0.05) is 12.8 Å². The maximum Gasteiger partial charge on any atom is 0.329 e. The number of esters is 1. The van der Waals surface area contributed by atoms with E-state index in [0.29, 0.717) is 32.3 Å². The van der Waals surface area contributed by atoms with Crippen LogP contribution in [-0.2, 0) is 36.8 Å². The van der Waals surface area contributed by atoms with E-state index >= 15 is 0 Å². The van der Waals surface area contributed by atoms with Crippen molar-refractivity contribution in [2.75, 3.05) is 20.8 Å². The van der Waals surface area contributed by atoms with Crippen LogP contribution < -0.4 is 20.1 Å². The van der Waals surface area contributed by atoms with Gasteiger partial charge in [0.25, 0.3) is 0 Å². The lowest BCUT2D eigenvalue weighted by atomic mass is 9.83. The van der Waals surface area contributed by atoms with Crippen molar-refractivity contribution in [2.24, 2.45) is 11.8 Å². The first-order valence-corrected chi connectivity index (χ1v) is 15.1. The number of hydrogen-bond acceptors (Lipinski definition) is 7. The largest absolute Gasteiger partial charge is 0.497 e. The van der Waals surface area contributed by atoms with Crippen molar-refractivity contribution in [3.63, 3.8) is 0 Å². The van der Waals surface area contributed by atoms with Crippen LogP contribution >= 0.6 is 0 Å². The normalized spacial score (nSPS) is 12.7. The summed E-state index contributed by atoms with van der Waals surface area (Å²) in [5, 5.41) is 14.9. The van der Waals surface area contributed by atoms with E-state index in [-0.39, 0.29) is 36.0 Å². The summed E-state index contributed by atoms with van der Waals surface area (Å²) in [7, 11) is 3.22. The minimum Gasteiger partial charge on any atom is -0.497 e. The van der Waals surface area contributed by atoms with E-state index in [1.165, 1.54) is 0 Å². The van der Waals surface area contributed by atoms with E-state index in [1.807, 2.05) is 62.4 Å². The molecule has 2 atom stereocenters. The minimum atomic E-state index is -1.20. The highest BCUT2D eigenvalue weighted by Crippen LogP contribution is 2.22. The number of rotatable bonds is 16. The number of methoxy groups -OCH3 is 2. The highest BCUT2D eigenvalue weighted by Gasteiger charge is 2.41. The third-order valence-corrected chi connectivity index (χ3v) is 7.41. The molecule has 0 radical (unpaired) electrons. The molecule has 0 heterocycles. The van der Waals surface area contributed by atoms with Gasteiger partial charge in [-0.15, -0.1) is 0 Å². The quantitative estimate of drug-likeness (QED) is 0.225. The summed E-state index contributed by atoms with van der Waals surface area (Å²) in [5.74, 6) is -0.391. The number of carboxylic acid groups (broad SMARTS) is 1. The Morgan fingerprint density at radius 2 is 1.23 bits per heavy atom. The zero-order chi connectivity index (χ0) is 33.3. The number of carboxylic acids is 1. The number of hydrogen-bond donors (Lipinski definition) is 3. The third-order valence-electron chi connectivity index (χ3n) is 7.41. The Bertz CT molecular complexity index is 1180. The van der Waals surface area contributed by atoms with Crippen LogP contribution in [0.5, 0.6) is 11.5 Å². The standard InChI is InChI=1S/2C17H25NO4/c1-5-17(12(2)3,16(20)21)18-15(19)11-8-13-6-9-14(22-4)10-7-13;1-5-22-17(20)16(12(2)3)18-15(19)11-8-13-6-9-14(21-4)10-7-13/h6-7,9-10,12H,5,8,11H2,1-4H3,(H,18,19)(H,20,21);6-7,9-10,12,16H,5,8,11H2,1-4H3,(H,18,19). The molecule has 0 aliphatic carbocycles. The molecule has 10 nitrogen and oxygen atoms in total. The SMILES string of the molecule is CCC(NC(=O)CCc1ccc(OC)cc1)(C(=O)O)C(C)C.CCOC(=O)C(NC(=O)CCc1ccc(OC)cc1)C(C)C. The lowest BCUT2D eigenvalue weighted by molar-refractivity contribution is -0.150. The maximum atomic E-state index is 12.1. The minimum absolute atomic E-state index is 0.0102. The summed E-state index contributed by atoms with van der Waals surface area (Å²) in [6, 6.07) is 14.5. The number of carbonyl (C=O) groups is 4. The van der Waals surface area contributed by atoms with Crippen molar-refractivity contribution in [3.05, 3.63) is 59.7 Å². The lowest BCUT2D eigenvalue weighted by Gasteiger charge is -2.33. The van der Waals surface area contributed by atoms with Crippen molar-refractivity contribution in [2.45, 2.75) is 85.2 Å². The van der Waals surface area contributed by atoms with Gasteiger partial charge in [0.05, 0.1) is 20.8 Å². The summed E-state index contributed by atoms with van der Waals surface area (Å²) in [4.78, 5) is 47.5. The Balaban J connectivity index is 0.000000440. The molecule has 44 heavy (non-hydrogen) atoms. The smallest absolute Gasteiger partial charge is 0.329 e. The fraction of sp³-hybridized carbons (Fsp3) is 0.529. The summed E-state index contributed by atoms with van der Waals surface area (Å²) in [6.07, 6.45) is 2.12. The summed E-state index contributed by atoms with van der Waals surface area (Å²) in [5.41, 5.74) is 0.864. The van der Waals surface area contributed by atoms with Gasteiger partial charge >= 0.3 is 11.9 Å². The number of amides is 2. The van der Waals surface area contributed by atoms with Gasteiger partial charge in [0.2, 0.25) is 11.8 Å². The first-order valence-electron chi connectivity index (χ1n) is 15.1. The molecule has 2 aromatic rings. The number of nitrogens with one attached hydrogen (secondary N) is 2. The Hall–Kier alpha value is -4.08. The zero-order valence-electron chi connectivity index (χ0n) is 27.4. The van der Waals surface area contributed by atoms with Gasteiger partial charge in [-0.25, -0.2) is 9.59 Å². The molecule has 2 aromatic carbocycles. The van der Waals surface area contributed by atoms with E-state index in [4.69, 9.17) is 14.2 Å². The second-order valence-corrected chi connectivity index (χ2v) is 11.1. The van der Waals surface area contributed by atoms with Gasteiger partial charge in [-0.05, 0) is 73.4 Å². The fourth-order valence-electron chi connectivity index (χ4n) is 4.48. The predicted octanol–water partition coefficient (Wildman–Crippen LogP) is 4.97. The van der Waals surface area contributed by atoms with Crippen molar-refractivity contribution >= 4 is 23.8 Å². The second kappa shape index (κ2) is 19.2. The molecule has 2 amide bonds. The van der Waals surface area contributed by atoms with Crippen LogP contribution in [0, 0.1) is 11.8 Å². The number of ether oxygens (including phenoxy) is 3. The zero-order valence-corrected chi connectivity index (χ0v) is 27.4. The first kappa shape index (κ1) is 37.9. The Labute approximate surface area is 261 Å². The number of aryl methyl sites for hydroxylation is 2. The number of aliphatic carboxylic acids is 1. The second-order valence-electron chi connectivity index (χ2n) is 11.1. The molecule has 244 valence electrons. The van der Waals surface area contributed by atoms with Crippen molar-refractivity contribution < 1.29 is 38.5 Å². The van der Waals surface area contributed by atoms with Crippen LogP contribution in [0.3, 0.4) is 0 Å². The van der Waals surface area contributed by atoms with Crippen LogP contribution in [0.1, 0.15) is 71.9 Å². The average molecular weight is 615 g/mol. The Kier molecular flexibility index (Phi) is 16.6. The van der Waals surface area contributed by atoms with Crippen LogP contribution in [-0.4, -0.2) is 61.3 Å². The predicted molar refractivity (Wildman–Crippen MR) is 170 cm³/mol. The van der Waals surface area contributed by atoms with E-state index in [9.17, 15) is 24.3 Å². The van der Waals surface area contributed by atoms with E-state index < -0.39 is 17.6 Å². The molecule has 0 aliphatic rings. The molecule has 2 rings (SSSR count). The van der Waals surface area contributed by atoms with Gasteiger partial charge in [-0.1, -0.05) is 58.9 Å². The molecule has 0 spiro atoms. The van der Waals surface area contributed by atoms with Crippen LogP contribution in [0.2, 0.25) is 0 Å². The van der Waals surface area contributed by atoms with Crippen molar-refractivity contribution in [1.82, 2.24) is 10.6 Å². The average Bonchev–Trinajstić information content (AvgIpc) is 3.00. The fourth-order valence-corrected chi connectivity index (χ4v) is 4.48. The molecule has 0 saturated heterocycles. The van der Waals surface area contributed by atoms with Gasteiger partial charge in [-0.2, -0.15) is 0 Å². The number of carbonyl (C=O) groups excluding carboxylic acids is 3. The summed E-state index contributed by atoms with van der Waals surface area (Å²) >= 11 is 0. The van der Waals surface area contributed by atoms with Gasteiger partial charge in [0.1, 0.15) is 23.1 Å². The van der Waals surface area contributed by atoms with E-state index in [2.05, 4.69) is 10.6 Å². The molecule has 10 heteroatoms. The maximum absolute atomic E-state index is 12.1. The number of benzene rings is 2. The molecule has 2 unspecified atom stereocenters. The van der Waals surface area contributed by atoms with Gasteiger partial charge in [-0.3, -0.25) is 9.59 Å². The molecule has 3 N–H and O–H groups in total. The molecular formula is C34H50N2O8. The van der Waals surface area contributed by atoms with E-state index in [0.717, 1.165) is 22.6 Å². The Morgan fingerprint density at radius 3 is 1.57 bits per heavy atom. The van der Waals surface area contributed by atoms with Gasteiger partial charge < -0.3 is 30.0 Å². The molecular weight excluding hydrogens is 564 g/mol.